The molecule has 1 aromatic heterocycles. The van der Waals surface area contributed by atoms with E-state index in [4.69, 9.17) is 26.6 Å². The first-order valence-corrected chi connectivity index (χ1v) is 12.8. The fourth-order valence-corrected chi connectivity index (χ4v) is 4.82. The SMILES string of the molecule is N#Cc1ccc(-c2ccccc2Cl)cc1-c1nc(-c2ccccc2)nc(-c2ccccc2-c2ccccc2)n1. The van der Waals surface area contributed by atoms with Gasteiger partial charge in [0.15, 0.2) is 17.5 Å². The molecule has 0 radical (unpaired) electrons. The van der Waals surface area contributed by atoms with Crippen LogP contribution in [0.1, 0.15) is 5.56 Å². The molecule has 6 aromatic rings. The number of aromatic nitrogens is 3. The number of rotatable bonds is 5. The number of nitrogens with zero attached hydrogens (tertiary/aromatic N) is 4. The van der Waals surface area contributed by atoms with Crippen molar-refractivity contribution in [3.8, 4) is 62.5 Å². The largest absolute Gasteiger partial charge is 0.208 e. The van der Waals surface area contributed by atoms with Crippen molar-refractivity contribution in [2.24, 2.45) is 0 Å². The monoisotopic (exact) mass is 520 g/mol. The van der Waals surface area contributed by atoms with E-state index in [-0.39, 0.29) is 0 Å². The topological polar surface area (TPSA) is 62.5 Å². The van der Waals surface area contributed by atoms with Crippen molar-refractivity contribution in [2.45, 2.75) is 0 Å². The summed E-state index contributed by atoms with van der Waals surface area (Å²) in [5.41, 5.74) is 6.66. The fraction of sp³-hybridized carbons (Fsp3) is 0. The molecule has 0 aliphatic rings. The molecule has 0 unspecified atom stereocenters. The summed E-state index contributed by atoms with van der Waals surface area (Å²) in [6.07, 6.45) is 0. The quantitative estimate of drug-likeness (QED) is 0.228. The van der Waals surface area contributed by atoms with Gasteiger partial charge in [0.05, 0.1) is 11.6 Å². The highest BCUT2D eigenvalue weighted by Crippen LogP contribution is 2.35. The highest BCUT2D eigenvalue weighted by Gasteiger charge is 2.18. The van der Waals surface area contributed by atoms with Crippen LogP contribution >= 0.6 is 11.6 Å². The van der Waals surface area contributed by atoms with Gasteiger partial charge in [-0.1, -0.05) is 121 Å². The first-order chi connectivity index (χ1) is 19.2. The van der Waals surface area contributed by atoms with E-state index in [1.54, 1.807) is 6.07 Å². The molecule has 0 spiro atoms. The molecule has 0 aliphatic heterocycles. The van der Waals surface area contributed by atoms with E-state index in [0.29, 0.717) is 33.6 Å². The Morgan fingerprint density at radius 3 is 1.67 bits per heavy atom. The average Bonchev–Trinajstić information content (AvgIpc) is 3.01. The molecule has 0 N–H and O–H groups in total. The van der Waals surface area contributed by atoms with Crippen molar-refractivity contribution in [3.05, 3.63) is 138 Å². The normalized spacial score (nSPS) is 10.7. The van der Waals surface area contributed by atoms with Crippen LogP contribution in [-0.2, 0) is 0 Å². The molecule has 4 nitrogen and oxygen atoms in total. The lowest BCUT2D eigenvalue weighted by Crippen LogP contribution is -2.02. The molecule has 0 fully saturated rings. The lowest BCUT2D eigenvalue weighted by molar-refractivity contribution is 1.07. The second-order valence-electron chi connectivity index (χ2n) is 8.94. The predicted molar refractivity (Wildman–Crippen MR) is 157 cm³/mol. The van der Waals surface area contributed by atoms with E-state index in [1.807, 2.05) is 103 Å². The van der Waals surface area contributed by atoms with E-state index in [0.717, 1.165) is 33.4 Å². The zero-order valence-corrected chi connectivity index (χ0v) is 21.5. The minimum absolute atomic E-state index is 0.423. The molecular weight excluding hydrogens is 500 g/mol. The maximum Gasteiger partial charge on any atom is 0.165 e. The van der Waals surface area contributed by atoms with Gasteiger partial charge in [0.1, 0.15) is 0 Å². The number of benzene rings is 5. The molecule has 39 heavy (non-hydrogen) atoms. The summed E-state index contributed by atoms with van der Waals surface area (Å²) >= 11 is 6.51. The van der Waals surface area contributed by atoms with Crippen LogP contribution in [0.5, 0.6) is 0 Å². The Labute approximate surface area is 231 Å². The maximum absolute atomic E-state index is 10.0. The van der Waals surface area contributed by atoms with Crippen molar-refractivity contribution in [3.63, 3.8) is 0 Å². The highest BCUT2D eigenvalue weighted by atomic mass is 35.5. The summed E-state index contributed by atoms with van der Waals surface area (Å²) < 4.78 is 0. The third-order valence-corrected chi connectivity index (χ3v) is 6.82. The molecule has 0 atom stereocenters. The fourth-order valence-electron chi connectivity index (χ4n) is 4.57. The second-order valence-corrected chi connectivity index (χ2v) is 9.34. The zero-order chi connectivity index (χ0) is 26.6. The Kier molecular flexibility index (Phi) is 6.66. The summed E-state index contributed by atoms with van der Waals surface area (Å²) in [6.45, 7) is 0. The van der Waals surface area contributed by atoms with Gasteiger partial charge in [-0.3, -0.25) is 0 Å². The summed E-state index contributed by atoms with van der Waals surface area (Å²) in [5.74, 6) is 1.49. The third kappa shape index (κ3) is 4.92. The summed E-state index contributed by atoms with van der Waals surface area (Å²) in [7, 11) is 0. The Balaban J connectivity index is 1.60. The van der Waals surface area contributed by atoms with Crippen LogP contribution in [0.3, 0.4) is 0 Å². The lowest BCUT2D eigenvalue weighted by Gasteiger charge is -2.13. The van der Waals surface area contributed by atoms with Gasteiger partial charge in [0.25, 0.3) is 0 Å². The number of hydrogen-bond acceptors (Lipinski definition) is 4. The standard InChI is InChI=1S/C34H21ClN4/c35-31-18-10-9-16-28(31)25-19-20-26(22-36)30(21-25)34-38-32(24-13-5-2-6-14-24)37-33(39-34)29-17-8-7-15-27(29)23-11-3-1-4-12-23/h1-21H. The van der Waals surface area contributed by atoms with Gasteiger partial charge in [0.2, 0.25) is 0 Å². The van der Waals surface area contributed by atoms with Crippen LogP contribution in [0.15, 0.2) is 127 Å². The van der Waals surface area contributed by atoms with Crippen molar-refractivity contribution in [1.82, 2.24) is 15.0 Å². The van der Waals surface area contributed by atoms with E-state index < -0.39 is 0 Å². The van der Waals surface area contributed by atoms with Gasteiger partial charge in [-0.2, -0.15) is 5.26 Å². The molecule has 5 aromatic carbocycles. The van der Waals surface area contributed by atoms with Crippen molar-refractivity contribution in [2.75, 3.05) is 0 Å². The van der Waals surface area contributed by atoms with Crippen molar-refractivity contribution < 1.29 is 0 Å². The molecule has 0 aliphatic carbocycles. The Morgan fingerprint density at radius 2 is 1.00 bits per heavy atom. The van der Waals surface area contributed by atoms with Gasteiger partial charge in [0, 0.05) is 27.3 Å². The summed E-state index contributed by atoms with van der Waals surface area (Å²) in [4.78, 5) is 14.7. The van der Waals surface area contributed by atoms with Gasteiger partial charge >= 0.3 is 0 Å². The van der Waals surface area contributed by atoms with Gasteiger partial charge in [-0.15, -0.1) is 0 Å². The van der Waals surface area contributed by atoms with Gasteiger partial charge in [-0.25, -0.2) is 15.0 Å². The van der Waals surface area contributed by atoms with Crippen LogP contribution in [-0.4, -0.2) is 15.0 Å². The van der Waals surface area contributed by atoms with Crippen molar-refractivity contribution in [1.29, 1.82) is 5.26 Å². The van der Waals surface area contributed by atoms with E-state index >= 15 is 0 Å². The first kappa shape index (κ1) is 24.2. The Bertz CT molecular complexity index is 1830. The highest BCUT2D eigenvalue weighted by molar-refractivity contribution is 6.33. The number of halogens is 1. The Hall–Kier alpha value is -5.11. The molecule has 5 heteroatoms. The van der Waals surface area contributed by atoms with Crippen LogP contribution in [0.2, 0.25) is 5.02 Å². The Morgan fingerprint density at radius 1 is 0.462 bits per heavy atom. The second kappa shape index (κ2) is 10.7. The van der Waals surface area contributed by atoms with Gasteiger partial charge in [-0.05, 0) is 34.9 Å². The van der Waals surface area contributed by atoms with E-state index in [9.17, 15) is 5.26 Å². The minimum atomic E-state index is 0.423. The molecule has 0 saturated carbocycles. The van der Waals surface area contributed by atoms with E-state index in [2.05, 4.69) is 24.3 Å². The van der Waals surface area contributed by atoms with Crippen molar-refractivity contribution >= 4 is 11.6 Å². The van der Waals surface area contributed by atoms with Crippen LogP contribution in [0, 0.1) is 11.3 Å². The molecule has 1 heterocycles. The molecule has 0 amide bonds. The molecular formula is C34H21ClN4. The summed E-state index contributed by atoms with van der Waals surface area (Å²) in [5, 5.41) is 10.6. The van der Waals surface area contributed by atoms with Gasteiger partial charge < -0.3 is 0 Å². The van der Waals surface area contributed by atoms with E-state index in [1.165, 1.54) is 0 Å². The maximum atomic E-state index is 10.0. The van der Waals surface area contributed by atoms with Crippen LogP contribution in [0.4, 0.5) is 0 Å². The lowest BCUT2D eigenvalue weighted by atomic mass is 9.98. The zero-order valence-electron chi connectivity index (χ0n) is 20.8. The minimum Gasteiger partial charge on any atom is -0.208 e. The summed E-state index contributed by atoms with van der Waals surface area (Å²) in [6, 6.07) is 43.6. The van der Waals surface area contributed by atoms with Crippen LogP contribution in [0.25, 0.3) is 56.4 Å². The van der Waals surface area contributed by atoms with Crippen LogP contribution < -0.4 is 0 Å². The third-order valence-electron chi connectivity index (χ3n) is 6.49. The molecule has 0 bridgehead atoms. The predicted octanol–water partition coefficient (Wildman–Crippen LogP) is 8.73. The number of nitriles is 1. The average molecular weight is 521 g/mol. The molecule has 0 saturated heterocycles. The number of hydrogen-bond donors (Lipinski definition) is 0. The molecule has 184 valence electrons. The molecule has 6 rings (SSSR count). The smallest absolute Gasteiger partial charge is 0.165 e. The first-order valence-electron chi connectivity index (χ1n) is 12.5.